The van der Waals surface area contributed by atoms with Gasteiger partial charge in [-0.2, -0.15) is 0 Å². The van der Waals surface area contributed by atoms with Crippen molar-refractivity contribution in [2.45, 2.75) is 26.5 Å². The Hall–Kier alpha value is -3.23. The van der Waals surface area contributed by atoms with Gasteiger partial charge in [-0.15, -0.1) is 10.2 Å². The molecular weight excluding hydrogens is 440 g/mol. The molecule has 170 valence electrons. The highest BCUT2D eigenvalue weighted by atomic mass is 35.5. The van der Waals surface area contributed by atoms with Gasteiger partial charge in [-0.05, 0) is 44.2 Å². The number of aromatic nitrogens is 4. The number of hydrogen-bond acceptors (Lipinski definition) is 6. The standard InChI is InChI=1S/C24H25ClN6O2/c1-15-4-6-17(7-5-15)23(32)30-11-10-29(13-16(30)2)24-26-20-12-18(25)8-9-19(20)22-28-27-21(14-33-3)31(22)24/h4-9,12,16H,10-11,13-14H2,1-3H3/t16-/m0/s1. The second-order valence-electron chi connectivity index (χ2n) is 8.44. The van der Waals surface area contributed by atoms with Gasteiger partial charge < -0.3 is 14.5 Å². The summed E-state index contributed by atoms with van der Waals surface area (Å²) in [7, 11) is 1.63. The van der Waals surface area contributed by atoms with Crippen LogP contribution in [0.15, 0.2) is 42.5 Å². The molecule has 0 saturated carbocycles. The van der Waals surface area contributed by atoms with E-state index in [1.165, 1.54) is 0 Å². The lowest BCUT2D eigenvalue weighted by Gasteiger charge is -2.40. The molecule has 2 aromatic carbocycles. The Morgan fingerprint density at radius 2 is 1.94 bits per heavy atom. The number of anilines is 1. The van der Waals surface area contributed by atoms with Crippen molar-refractivity contribution >= 4 is 40.0 Å². The van der Waals surface area contributed by atoms with Crippen molar-refractivity contribution in [3.8, 4) is 0 Å². The van der Waals surface area contributed by atoms with Crippen LogP contribution in [0.25, 0.3) is 16.6 Å². The summed E-state index contributed by atoms with van der Waals surface area (Å²) in [6.07, 6.45) is 0. The number of piperazine rings is 1. The number of ether oxygens (including phenoxy) is 1. The molecule has 8 nitrogen and oxygen atoms in total. The zero-order valence-corrected chi connectivity index (χ0v) is 19.6. The Balaban J connectivity index is 1.50. The lowest BCUT2D eigenvalue weighted by atomic mass is 10.1. The minimum absolute atomic E-state index is 0.00168. The van der Waals surface area contributed by atoms with E-state index in [1.807, 2.05) is 58.7 Å². The number of rotatable bonds is 4. The molecule has 0 radical (unpaired) electrons. The van der Waals surface area contributed by atoms with Gasteiger partial charge in [0.05, 0.1) is 5.52 Å². The van der Waals surface area contributed by atoms with Crippen LogP contribution in [0.2, 0.25) is 5.02 Å². The number of halogens is 1. The minimum Gasteiger partial charge on any atom is -0.377 e. The smallest absolute Gasteiger partial charge is 0.254 e. The molecule has 0 aliphatic carbocycles. The average molecular weight is 465 g/mol. The highest BCUT2D eigenvalue weighted by molar-refractivity contribution is 6.31. The highest BCUT2D eigenvalue weighted by Gasteiger charge is 2.30. The number of amides is 1. The predicted octanol–water partition coefficient (Wildman–Crippen LogP) is 3.74. The van der Waals surface area contributed by atoms with E-state index in [4.69, 9.17) is 21.3 Å². The van der Waals surface area contributed by atoms with Crippen LogP contribution in [0.4, 0.5) is 5.95 Å². The summed E-state index contributed by atoms with van der Waals surface area (Å²) in [4.78, 5) is 22.2. The number of nitrogens with zero attached hydrogens (tertiary/aromatic N) is 6. The Bertz CT molecular complexity index is 1340. The number of carbonyl (C=O) groups excluding carboxylic acids is 1. The predicted molar refractivity (Wildman–Crippen MR) is 128 cm³/mol. The molecule has 5 rings (SSSR count). The number of carbonyl (C=O) groups is 1. The molecule has 3 heterocycles. The molecular formula is C24H25ClN6O2. The third kappa shape index (κ3) is 3.89. The van der Waals surface area contributed by atoms with Crippen molar-refractivity contribution in [1.29, 1.82) is 0 Å². The number of hydrogen-bond donors (Lipinski definition) is 0. The molecule has 0 spiro atoms. The van der Waals surface area contributed by atoms with Crippen LogP contribution in [-0.2, 0) is 11.3 Å². The van der Waals surface area contributed by atoms with Crippen molar-refractivity contribution in [1.82, 2.24) is 24.5 Å². The molecule has 1 aliphatic heterocycles. The minimum atomic E-state index is 0.00168. The van der Waals surface area contributed by atoms with E-state index in [2.05, 4.69) is 22.0 Å². The summed E-state index contributed by atoms with van der Waals surface area (Å²) >= 11 is 6.25. The fourth-order valence-electron chi connectivity index (χ4n) is 4.38. The molecule has 9 heteroatoms. The van der Waals surface area contributed by atoms with Crippen LogP contribution in [-0.4, -0.2) is 63.2 Å². The van der Waals surface area contributed by atoms with Crippen LogP contribution in [0.1, 0.15) is 28.7 Å². The van der Waals surface area contributed by atoms with Crippen molar-refractivity contribution in [2.75, 3.05) is 31.6 Å². The van der Waals surface area contributed by atoms with Crippen LogP contribution in [0, 0.1) is 6.92 Å². The first-order valence-corrected chi connectivity index (χ1v) is 11.3. The summed E-state index contributed by atoms with van der Waals surface area (Å²) < 4.78 is 7.30. The first-order valence-electron chi connectivity index (χ1n) is 10.9. The van der Waals surface area contributed by atoms with Crippen molar-refractivity contribution in [3.63, 3.8) is 0 Å². The van der Waals surface area contributed by atoms with Gasteiger partial charge in [0, 0.05) is 48.8 Å². The maximum Gasteiger partial charge on any atom is 0.254 e. The average Bonchev–Trinajstić information content (AvgIpc) is 3.22. The highest BCUT2D eigenvalue weighted by Crippen LogP contribution is 2.28. The molecule has 0 unspecified atom stereocenters. The zero-order chi connectivity index (χ0) is 23.1. The zero-order valence-electron chi connectivity index (χ0n) is 18.8. The van der Waals surface area contributed by atoms with E-state index in [0.29, 0.717) is 48.3 Å². The monoisotopic (exact) mass is 464 g/mol. The van der Waals surface area contributed by atoms with Gasteiger partial charge in [0.25, 0.3) is 5.91 Å². The van der Waals surface area contributed by atoms with E-state index in [0.717, 1.165) is 22.4 Å². The Labute approximate surface area is 196 Å². The van der Waals surface area contributed by atoms with Crippen molar-refractivity contribution < 1.29 is 9.53 Å². The molecule has 2 aromatic heterocycles. The number of aryl methyl sites for hydroxylation is 1. The molecule has 1 aliphatic rings. The number of benzene rings is 2. The first kappa shape index (κ1) is 21.6. The van der Waals surface area contributed by atoms with E-state index >= 15 is 0 Å². The molecule has 1 fully saturated rings. The van der Waals surface area contributed by atoms with Gasteiger partial charge in [-0.25, -0.2) is 9.38 Å². The largest absolute Gasteiger partial charge is 0.377 e. The third-order valence-electron chi connectivity index (χ3n) is 6.09. The second kappa shape index (κ2) is 8.61. The second-order valence-corrected chi connectivity index (χ2v) is 8.88. The maximum atomic E-state index is 13.1. The normalized spacial score (nSPS) is 16.7. The summed E-state index contributed by atoms with van der Waals surface area (Å²) in [5, 5.41) is 10.3. The van der Waals surface area contributed by atoms with Gasteiger partial charge in [-0.3, -0.25) is 4.79 Å². The van der Waals surface area contributed by atoms with Crippen molar-refractivity contribution in [3.05, 3.63) is 64.4 Å². The van der Waals surface area contributed by atoms with Crippen LogP contribution in [0.5, 0.6) is 0 Å². The lowest BCUT2D eigenvalue weighted by Crippen LogP contribution is -2.54. The van der Waals surface area contributed by atoms with Crippen LogP contribution < -0.4 is 4.90 Å². The molecule has 0 bridgehead atoms. The molecule has 1 saturated heterocycles. The summed E-state index contributed by atoms with van der Waals surface area (Å²) in [5.74, 6) is 1.46. The van der Waals surface area contributed by atoms with Gasteiger partial charge in [0.15, 0.2) is 11.5 Å². The molecule has 1 amide bonds. The molecule has 33 heavy (non-hydrogen) atoms. The maximum absolute atomic E-state index is 13.1. The summed E-state index contributed by atoms with van der Waals surface area (Å²) in [5.41, 5.74) is 3.32. The van der Waals surface area contributed by atoms with Gasteiger partial charge in [-0.1, -0.05) is 29.3 Å². The van der Waals surface area contributed by atoms with Gasteiger partial charge >= 0.3 is 0 Å². The van der Waals surface area contributed by atoms with Gasteiger partial charge in [0.2, 0.25) is 5.95 Å². The van der Waals surface area contributed by atoms with Gasteiger partial charge in [0.1, 0.15) is 6.61 Å². The Morgan fingerprint density at radius 1 is 1.15 bits per heavy atom. The number of methoxy groups -OCH3 is 1. The van der Waals surface area contributed by atoms with E-state index < -0.39 is 0 Å². The topological polar surface area (TPSA) is 75.9 Å². The van der Waals surface area contributed by atoms with E-state index in [1.54, 1.807) is 7.11 Å². The van der Waals surface area contributed by atoms with E-state index in [-0.39, 0.29) is 11.9 Å². The molecule has 1 atom stereocenters. The van der Waals surface area contributed by atoms with Crippen LogP contribution in [0.3, 0.4) is 0 Å². The number of fused-ring (bicyclic) bond motifs is 3. The Morgan fingerprint density at radius 3 is 2.67 bits per heavy atom. The van der Waals surface area contributed by atoms with Crippen molar-refractivity contribution in [2.24, 2.45) is 0 Å². The SMILES string of the molecule is COCc1nnc2c3ccc(Cl)cc3nc(N3CCN(C(=O)c4ccc(C)cc4)[C@@H](C)C3)n12. The molecule has 0 N–H and O–H groups in total. The molecule has 4 aromatic rings. The first-order chi connectivity index (χ1) is 16.0. The quantitative estimate of drug-likeness (QED) is 0.458. The fraction of sp³-hybridized carbons (Fsp3) is 0.333. The van der Waals surface area contributed by atoms with Crippen LogP contribution >= 0.6 is 11.6 Å². The fourth-order valence-corrected chi connectivity index (χ4v) is 4.55. The summed E-state index contributed by atoms with van der Waals surface area (Å²) in [6.45, 7) is 6.26. The Kier molecular flexibility index (Phi) is 5.64. The van der Waals surface area contributed by atoms with E-state index in [9.17, 15) is 4.79 Å². The lowest BCUT2D eigenvalue weighted by molar-refractivity contribution is 0.0673. The third-order valence-corrected chi connectivity index (χ3v) is 6.33. The summed E-state index contributed by atoms with van der Waals surface area (Å²) in [6, 6.07) is 13.3.